The Hall–Kier alpha value is -0.750. The first-order chi connectivity index (χ1) is 12.5. The molecule has 1 aromatic rings. The van der Waals surface area contributed by atoms with Crippen LogP contribution in [0.15, 0.2) is 34.8 Å². The van der Waals surface area contributed by atoms with Gasteiger partial charge < -0.3 is 4.90 Å². The molecule has 0 spiro atoms. The second-order valence-electron chi connectivity index (χ2n) is 7.93. The zero-order valence-corrected chi connectivity index (χ0v) is 18.2. The number of rotatable bonds is 5. The first-order valence-electron chi connectivity index (χ1n) is 8.79. The SMILES string of the molecule is CC1(C)[C@H](C=C(Cl)Cl)[C@H]1C(=O)N(Cc1cccc(Cl)c1)[C@H]1CCS(=O)(=O)C1. The molecule has 1 aliphatic heterocycles. The number of amides is 1. The molecule has 1 saturated heterocycles. The molecular weight excluding hydrogens is 429 g/mol. The van der Waals surface area contributed by atoms with Gasteiger partial charge in [0.15, 0.2) is 9.84 Å². The summed E-state index contributed by atoms with van der Waals surface area (Å²) in [7, 11) is -3.12. The summed E-state index contributed by atoms with van der Waals surface area (Å²) >= 11 is 17.7. The molecule has 4 nitrogen and oxygen atoms in total. The summed E-state index contributed by atoms with van der Waals surface area (Å²) in [6.45, 7) is 4.32. The second-order valence-corrected chi connectivity index (χ2v) is 11.6. The average Bonchev–Trinajstić information content (AvgIpc) is 2.88. The minimum Gasteiger partial charge on any atom is -0.334 e. The molecule has 2 aliphatic rings. The van der Waals surface area contributed by atoms with Gasteiger partial charge in [0.1, 0.15) is 4.49 Å². The van der Waals surface area contributed by atoms with E-state index in [1.54, 1.807) is 23.1 Å². The predicted octanol–water partition coefficient (Wildman–Crippen LogP) is 4.45. The van der Waals surface area contributed by atoms with E-state index in [1.807, 2.05) is 26.0 Å². The van der Waals surface area contributed by atoms with Crippen molar-refractivity contribution in [1.29, 1.82) is 0 Å². The third kappa shape index (κ3) is 4.64. The van der Waals surface area contributed by atoms with E-state index in [2.05, 4.69) is 0 Å². The molecule has 1 aromatic carbocycles. The van der Waals surface area contributed by atoms with Crippen molar-refractivity contribution < 1.29 is 13.2 Å². The molecule has 3 atom stereocenters. The van der Waals surface area contributed by atoms with Crippen LogP contribution in [-0.2, 0) is 21.2 Å². The van der Waals surface area contributed by atoms with Crippen LogP contribution in [0, 0.1) is 17.3 Å². The molecule has 27 heavy (non-hydrogen) atoms. The van der Waals surface area contributed by atoms with Gasteiger partial charge in [-0.1, -0.05) is 60.8 Å². The topological polar surface area (TPSA) is 54.5 Å². The standard InChI is InChI=1S/C19H22Cl3NO3S/c1-19(2)15(9-16(21)22)17(19)18(24)23(14-6-7-27(25,26)11-14)10-12-4-3-5-13(20)8-12/h3-5,8-9,14-15,17H,6-7,10-11H2,1-2H3/t14-,15+,17-/m0/s1. The predicted molar refractivity (Wildman–Crippen MR) is 110 cm³/mol. The molecule has 0 N–H and O–H groups in total. The van der Waals surface area contributed by atoms with Crippen LogP contribution in [0.1, 0.15) is 25.8 Å². The van der Waals surface area contributed by atoms with Crippen molar-refractivity contribution in [3.63, 3.8) is 0 Å². The van der Waals surface area contributed by atoms with Crippen molar-refractivity contribution >= 4 is 50.5 Å². The Morgan fingerprint density at radius 1 is 1.33 bits per heavy atom. The number of carbonyl (C=O) groups is 1. The molecule has 0 radical (unpaired) electrons. The summed E-state index contributed by atoms with van der Waals surface area (Å²) in [6.07, 6.45) is 2.16. The number of hydrogen-bond acceptors (Lipinski definition) is 3. The first kappa shape index (κ1) is 21.0. The zero-order valence-electron chi connectivity index (χ0n) is 15.2. The lowest BCUT2D eigenvalue weighted by Crippen LogP contribution is -2.42. The summed E-state index contributed by atoms with van der Waals surface area (Å²) < 4.78 is 24.1. The van der Waals surface area contributed by atoms with Gasteiger partial charge in [0, 0.05) is 17.6 Å². The minimum atomic E-state index is -3.12. The molecule has 3 rings (SSSR count). The number of sulfone groups is 1. The summed E-state index contributed by atoms with van der Waals surface area (Å²) in [4.78, 5) is 15.1. The maximum absolute atomic E-state index is 13.4. The van der Waals surface area contributed by atoms with E-state index in [-0.39, 0.29) is 45.2 Å². The largest absolute Gasteiger partial charge is 0.334 e. The van der Waals surface area contributed by atoms with E-state index in [1.165, 1.54) is 0 Å². The maximum atomic E-state index is 13.4. The minimum absolute atomic E-state index is 0.00320. The maximum Gasteiger partial charge on any atom is 0.227 e. The Bertz CT molecular complexity index is 878. The number of hydrogen-bond donors (Lipinski definition) is 0. The number of nitrogens with zero attached hydrogens (tertiary/aromatic N) is 1. The molecule has 1 amide bonds. The Balaban J connectivity index is 1.88. The van der Waals surface area contributed by atoms with Crippen LogP contribution in [0.25, 0.3) is 0 Å². The van der Waals surface area contributed by atoms with Crippen LogP contribution >= 0.6 is 34.8 Å². The molecule has 0 bridgehead atoms. The van der Waals surface area contributed by atoms with Gasteiger partial charge in [-0.05, 0) is 41.5 Å². The van der Waals surface area contributed by atoms with Gasteiger partial charge in [-0.25, -0.2) is 8.42 Å². The van der Waals surface area contributed by atoms with E-state index < -0.39 is 9.84 Å². The van der Waals surface area contributed by atoms with E-state index >= 15 is 0 Å². The van der Waals surface area contributed by atoms with Crippen LogP contribution in [-0.4, -0.2) is 36.8 Å². The Labute approximate surface area is 175 Å². The van der Waals surface area contributed by atoms with Crippen LogP contribution in [0.3, 0.4) is 0 Å². The molecule has 148 valence electrons. The number of halogens is 3. The van der Waals surface area contributed by atoms with Crippen molar-refractivity contribution in [2.45, 2.75) is 32.9 Å². The second kappa shape index (κ2) is 7.58. The molecule has 1 aliphatic carbocycles. The Morgan fingerprint density at radius 3 is 2.59 bits per heavy atom. The molecule has 1 saturated carbocycles. The average molecular weight is 451 g/mol. The lowest BCUT2D eigenvalue weighted by Gasteiger charge is -2.29. The van der Waals surface area contributed by atoms with E-state index in [4.69, 9.17) is 34.8 Å². The summed E-state index contributed by atoms with van der Waals surface area (Å²) in [5, 5.41) is 0.584. The fraction of sp³-hybridized carbons (Fsp3) is 0.526. The van der Waals surface area contributed by atoms with Crippen molar-refractivity contribution in [3.8, 4) is 0 Å². The highest BCUT2D eigenvalue weighted by Crippen LogP contribution is 2.60. The monoisotopic (exact) mass is 449 g/mol. The molecule has 2 fully saturated rings. The zero-order chi connectivity index (χ0) is 20.0. The van der Waals surface area contributed by atoms with Gasteiger partial charge in [-0.3, -0.25) is 4.79 Å². The highest BCUT2D eigenvalue weighted by atomic mass is 35.5. The van der Waals surface area contributed by atoms with E-state index in [9.17, 15) is 13.2 Å². The van der Waals surface area contributed by atoms with Gasteiger partial charge in [-0.15, -0.1) is 0 Å². The smallest absolute Gasteiger partial charge is 0.227 e. The van der Waals surface area contributed by atoms with Crippen molar-refractivity contribution in [2.24, 2.45) is 17.3 Å². The van der Waals surface area contributed by atoms with E-state index in [0.29, 0.717) is 18.0 Å². The van der Waals surface area contributed by atoms with Gasteiger partial charge >= 0.3 is 0 Å². The van der Waals surface area contributed by atoms with Gasteiger partial charge in [0.2, 0.25) is 5.91 Å². The van der Waals surface area contributed by atoms with Crippen LogP contribution in [0.4, 0.5) is 0 Å². The first-order valence-corrected chi connectivity index (χ1v) is 11.7. The molecule has 0 aromatic heterocycles. The summed E-state index contributed by atoms with van der Waals surface area (Å²) in [5.74, 6) is -0.272. The lowest BCUT2D eigenvalue weighted by molar-refractivity contribution is -0.136. The van der Waals surface area contributed by atoms with Crippen LogP contribution < -0.4 is 0 Å². The van der Waals surface area contributed by atoms with Crippen LogP contribution in [0.2, 0.25) is 5.02 Å². The van der Waals surface area contributed by atoms with E-state index in [0.717, 1.165) is 5.56 Å². The van der Waals surface area contributed by atoms with Crippen LogP contribution in [0.5, 0.6) is 0 Å². The number of carbonyl (C=O) groups excluding carboxylic acids is 1. The number of allylic oxidation sites excluding steroid dienone is 1. The lowest BCUT2D eigenvalue weighted by atomic mass is 10.1. The highest BCUT2D eigenvalue weighted by molar-refractivity contribution is 7.91. The molecular formula is C19H22Cl3NO3S. The van der Waals surface area contributed by atoms with Crippen molar-refractivity contribution in [3.05, 3.63) is 45.4 Å². The Kier molecular flexibility index (Phi) is 5.89. The van der Waals surface area contributed by atoms with Gasteiger partial charge in [-0.2, -0.15) is 0 Å². The van der Waals surface area contributed by atoms with Crippen molar-refractivity contribution in [1.82, 2.24) is 4.90 Å². The third-order valence-electron chi connectivity index (χ3n) is 5.66. The molecule has 1 heterocycles. The quantitative estimate of drug-likeness (QED) is 0.666. The van der Waals surface area contributed by atoms with Gasteiger partial charge in [0.05, 0.1) is 17.4 Å². The summed E-state index contributed by atoms with van der Waals surface area (Å²) in [5.41, 5.74) is 0.608. The number of benzene rings is 1. The molecule has 0 unspecified atom stereocenters. The molecule has 8 heteroatoms. The van der Waals surface area contributed by atoms with Crippen molar-refractivity contribution in [2.75, 3.05) is 11.5 Å². The Morgan fingerprint density at radius 2 is 2.04 bits per heavy atom. The third-order valence-corrected chi connectivity index (χ3v) is 7.89. The highest BCUT2D eigenvalue weighted by Gasteiger charge is 2.62. The fourth-order valence-electron chi connectivity index (χ4n) is 4.01. The fourth-order valence-corrected chi connectivity index (χ4v) is 6.23. The normalized spacial score (nSPS) is 27.8. The summed E-state index contributed by atoms with van der Waals surface area (Å²) in [6, 6.07) is 6.96. The van der Waals surface area contributed by atoms with Gasteiger partial charge in [0.25, 0.3) is 0 Å².